The summed E-state index contributed by atoms with van der Waals surface area (Å²) in [6.07, 6.45) is 1.34. The molecular formula is C23H15Cl2N5O3. The van der Waals surface area contributed by atoms with Crippen molar-refractivity contribution in [3.63, 3.8) is 0 Å². The van der Waals surface area contributed by atoms with Gasteiger partial charge in [-0.05, 0) is 52.9 Å². The summed E-state index contributed by atoms with van der Waals surface area (Å²) >= 11 is 12.3. The number of hydrogen-bond donors (Lipinski definition) is 2. The number of carbonyl (C=O) groups is 2. The van der Waals surface area contributed by atoms with Gasteiger partial charge in [0.1, 0.15) is 0 Å². The maximum absolute atomic E-state index is 13.5. The van der Waals surface area contributed by atoms with Crippen LogP contribution in [0.5, 0.6) is 0 Å². The van der Waals surface area contributed by atoms with Gasteiger partial charge in [0.05, 0.1) is 27.5 Å². The van der Waals surface area contributed by atoms with Crippen molar-refractivity contribution in [2.24, 2.45) is 0 Å². The number of Topliss-reactive ketones (excluding diaryl/α,β-unsaturated/α-hetero) is 1. The van der Waals surface area contributed by atoms with E-state index in [1.807, 2.05) is 18.2 Å². The Balaban J connectivity index is 1.85. The van der Waals surface area contributed by atoms with Crippen LogP contribution in [-0.2, 0) is 0 Å². The highest BCUT2D eigenvalue weighted by Gasteiger charge is 2.23. The first-order chi connectivity index (χ1) is 16.0. The maximum atomic E-state index is 13.5. The van der Waals surface area contributed by atoms with Gasteiger partial charge in [-0.3, -0.25) is 4.79 Å². The summed E-state index contributed by atoms with van der Waals surface area (Å²) in [4.78, 5) is 25.1. The molecule has 0 fully saturated rings. The molecule has 0 saturated heterocycles. The van der Waals surface area contributed by atoms with Gasteiger partial charge in [-0.15, -0.1) is 5.10 Å². The fourth-order valence-electron chi connectivity index (χ4n) is 3.09. The zero-order valence-electron chi connectivity index (χ0n) is 16.8. The third-order valence-corrected chi connectivity index (χ3v) is 5.22. The van der Waals surface area contributed by atoms with Gasteiger partial charge in [0, 0.05) is 16.8 Å². The standard InChI is InChI=1S/C23H15Cl2N5O3/c24-14-10-11-17(23(32)33)20(12-14)26-13-18(21(31)16-8-4-5-9-19(16)25)22-27-28-29-30(22)15-6-2-1-3-7-15/h1-13,26H,(H,32,33)/b18-13-. The fraction of sp³-hybridized carbons (Fsp3) is 0. The van der Waals surface area contributed by atoms with Gasteiger partial charge >= 0.3 is 5.97 Å². The van der Waals surface area contributed by atoms with E-state index in [2.05, 4.69) is 20.8 Å². The predicted octanol–water partition coefficient (Wildman–Crippen LogP) is 5.00. The normalized spacial score (nSPS) is 11.3. The molecule has 0 unspecified atom stereocenters. The summed E-state index contributed by atoms with van der Waals surface area (Å²) in [6, 6.07) is 19.9. The smallest absolute Gasteiger partial charge is 0.337 e. The van der Waals surface area contributed by atoms with Gasteiger partial charge in [-0.25, -0.2) is 4.79 Å². The van der Waals surface area contributed by atoms with Crippen LogP contribution in [0, 0.1) is 0 Å². The average Bonchev–Trinajstić information content (AvgIpc) is 3.29. The van der Waals surface area contributed by atoms with Crippen LogP contribution < -0.4 is 5.32 Å². The second kappa shape index (κ2) is 9.64. The first-order valence-electron chi connectivity index (χ1n) is 9.58. The second-order valence-electron chi connectivity index (χ2n) is 6.76. The Morgan fingerprint density at radius 3 is 2.39 bits per heavy atom. The van der Waals surface area contributed by atoms with E-state index in [0.717, 1.165) is 0 Å². The molecule has 8 nitrogen and oxygen atoms in total. The van der Waals surface area contributed by atoms with Crippen molar-refractivity contribution in [3.8, 4) is 5.69 Å². The highest BCUT2D eigenvalue weighted by Crippen LogP contribution is 2.26. The van der Waals surface area contributed by atoms with E-state index in [-0.39, 0.29) is 33.2 Å². The molecule has 0 spiro atoms. The lowest BCUT2D eigenvalue weighted by Gasteiger charge is -2.11. The molecule has 1 heterocycles. The summed E-state index contributed by atoms with van der Waals surface area (Å²) < 4.78 is 1.40. The molecule has 0 aliphatic rings. The number of aromatic carboxylic acids is 1. The van der Waals surface area contributed by atoms with Crippen LogP contribution in [0.25, 0.3) is 11.3 Å². The summed E-state index contributed by atoms with van der Waals surface area (Å²) in [6.45, 7) is 0. The number of carboxylic acid groups (broad SMARTS) is 1. The largest absolute Gasteiger partial charge is 0.478 e. The lowest BCUT2D eigenvalue weighted by Crippen LogP contribution is -2.12. The number of nitrogens with zero attached hydrogens (tertiary/aromatic N) is 4. The number of aromatic nitrogens is 4. The summed E-state index contributed by atoms with van der Waals surface area (Å²) in [5.74, 6) is -1.48. The topological polar surface area (TPSA) is 110 Å². The number of tetrazole rings is 1. The van der Waals surface area contributed by atoms with E-state index in [4.69, 9.17) is 23.2 Å². The van der Waals surface area contributed by atoms with Crippen LogP contribution in [0.3, 0.4) is 0 Å². The third-order valence-electron chi connectivity index (χ3n) is 4.66. The minimum atomic E-state index is -1.16. The first-order valence-corrected chi connectivity index (χ1v) is 10.3. The van der Waals surface area contributed by atoms with Crippen LogP contribution in [0.4, 0.5) is 5.69 Å². The summed E-state index contributed by atoms with van der Waals surface area (Å²) in [7, 11) is 0. The molecule has 2 N–H and O–H groups in total. The van der Waals surface area contributed by atoms with Crippen LogP contribution in [0.1, 0.15) is 26.5 Å². The number of benzene rings is 3. The predicted molar refractivity (Wildman–Crippen MR) is 125 cm³/mol. The zero-order valence-corrected chi connectivity index (χ0v) is 18.3. The maximum Gasteiger partial charge on any atom is 0.337 e. The second-order valence-corrected chi connectivity index (χ2v) is 7.60. The molecule has 0 atom stereocenters. The molecule has 164 valence electrons. The van der Waals surface area contributed by atoms with Crippen LogP contribution >= 0.6 is 23.2 Å². The van der Waals surface area contributed by atoms with E-state index in [1.165, 1.54) is 29.1 Å². The molecule has 0 aliphatic heterocycles. The molecule has 3 aromatic carbocycles. The van der Waals surface area contributed by atoms with Gasteiger partial charge < -0.3 is 10.4 Å². The SMILES string of the molecule is O=C(/C(=C/Nc1cc(Cl)ccc1C(=O)O)c1nnnn1-c1ccccc1)c1ccccc1Cl. The van der Waals surface area contributed by atoms with E-state index in [9.17, 15) is 14.7 Å². The Kier molecular flexibility index (Phi) is 6.48. The number of hydrogen-bond acceptors (Lipinski definition) is 6. The number of allylic oxidation sites excluding steroid dienone is 1. The molecule has 33 heavy (non-hydrogen) atoms. The minimum Gasteiger partial charge on any atom is -0.478 e. The Bertz CT molecular complexity index is 1370. The number of anilines is 1. The lowest BCUT2D eigenvalue weighted by molar-refractivity contribution is 0.0698. The Morgan fingerprint density at radius 1 is 0.939 bits per heavy atom. The molecule has 4 rings (SSSR count). The molecule has 10 heteroatoms. The van der Waals surface area contributed by atoms with Crippen molar-refractivity contribution in [2.45, 2.75) is 0 Å². The summed E-state index contributed by atoms with van der Waals surface area (Å²) in [5.41, 5.74) is 1.10. The van der Waals surface area contributed by atoms with Crippen molar-refractivity contribution in [2.75, 3.05) is 5.32 Å². The molecule has 0 saturated carbocycles. The monoisotopic (exact) mass is 479 g/mol. The molecule has 1 aromatic heterocycles. The van der Waals surface area contributed by atoms with Gasteiger partial charge in [0.15, 0.2) is 11.6 Å². The Hall–Kier alpha value is -4.01. The van der Waals surface area contributed by atoms with Crippen molar-refractivity contribution < 1.29 is 14.7 Å². The highest BCUT2D eigenvalue weighted by molar-refractivity contribution is 6.38. The molecule has 0 radical (unpaired) electrons. The van der Waals surface area contributed by atoms with Crippen LogP contribution in [-0.4, -0.2) is 37.1 Å². The number of para-hydroxylation sites is 1. The Morgan fingerprint density at radius 2 is 1.67 bits per heavy atom. The highest BCUT2D eigenvalue weighted by atomic mass is 35.5. The van der Waals surface area contributed by atoms with Gasteiger partial charge in [0.2, 0.25) is 0 Å². The lowest BCUT2D eigenvalue weighted by atomic mass is 10.0. The number of ketones is 1. The quantitative estimate of drug-likeness (QED) is 0.283. The number of nitrogens with one attached hydrogen (secondary N) is 1. The van der Waals surface area contributed by atoms with Crippen molar-refractivity contribution in [3.05, 3.63) is 106 Å². The molecule has 0 aliphatic carbocycles. The number of halogens is 2. The fourth-order valence-corrected chi connectivity index (χ4v) is 3.49. The molecule has 0 bridgehead atoms. The molecule has 0 amide bonds. The number of carbonyl (C=O) groups excluding carboxylic acids is 1. The van der Waals surface area contributed by atoms with Crippen molar-refractivity contribution >= 4 is 46.2 Å². The average molecular weight is 480 g/mol. The number of carboxylic acids is 1. The van der Waals surface area contributed by atoms with E-state index in [1.54, 1.807) is 36.4 Å². The summed E-state index contributed by atoms with van der Waals surface area (Å²) in [5, 5.41) is 24.7. The minimum absolute atomic E-state index is 0.0251. The van der Waals surface area contributed by atoms with Crippen molar-refractivity contribution in [1.82, 2.24) is 20.2 Å². The number of rotatable bonds is 7. The van der Waals surface area contributed by atoms with Crippen LogP contribution in [0.2, 0.25) is 10.0 Å². The van der Waals surface area contributed by atoms with Crippen molar-refractivity contribution in [1.29, 1.82) is 0 Å². The Labute approximate surface area is 198 Å². The van der Waals surface area contributed by atoms with E-state index >= 15 is 0 Å². The third kappa shape index (κ3) is 4.77. The molecule has 4 aromatic rings. The van der Waals surface area contributed by atoms with Gasteiger partial charge in [-0.2, -0.15) is 4.68 Å². The zero-order chi connectivity index (χ0) is 23.4. The van der Waals surface area contributed by atoms with Crippen LogP contribution in [0.15, 0.2) is 79.0 Å². The van der Waals surface area contributed by atoms with Gasteiger partial charge in [-0.1, -0.05) is 53.5 Å². The first kappa shape index (κ1) is 22.2. The van der Waals surface area contributed by atoms with E-state index < -0.39 is 11.8 Å². The van der Waals surface area contributed by atoms with E-state index in [0.29, 0.717) is 10.7 Å². The molecular weight excluding hydrogens is 465 g/mol. The van der Waals surface area contributed by atoms with Gasteiger partial charge in [0.25, 0.3) is 0 Å².